The topological polar surface area (TPSA) is 44.2 Å². The van der Waals surface area contributed by atoms with Gasteiger partial charge in [0.05, 0.1) is 31.3 Å². The SMILES string of the molecule is COc1ccc2ccccc2c1-c1c(OC)ccc2cc(-c3cc(-c4ccc(Cl)cc4)cc(-c4ccccn4)n3)ccc12. The minimum Gasteiger partial charge on any atom is -0.496 e. The lowest BCUT2D eigenvalue weighted by Crippen LogP contribution is -1.95. The fourth-order valence-corrected chi connectivity index (χ4v) is 5.84. The number of pyridine rings is 2. The summed E-state index contributed by atoms with van der Waals surface area (Å²) < 4.78 is 11.8. The van der Waals surface area contributed by atoms with Gasteiger partial charge in [-0.1, -0.05) is 78.3 Å². The average Bonchev–Trinajstić information content (AvgIpc) is 3.07. The molecule has 208 valence electrons. The number of hydrogen-bond donors (Lipinski definition) is 0. The number of methoxy groups -OCH3 is 2. The summed E-state index contributed by atoms with van der Waals surface area (Å²) in [5.74, 6) is 1.58. The summed E-state index contributed by atoms with van der Waals surface area (Å²) in [6.45, 7) is 0. The Morgan fingerprint density at radius 1 is 0.512 bits per heavy atom. The maximum atomic E-state index is 6.20. The Bertz CT molecular complexity index is 2110. The zero-order chi connectivity index (χ0) is 29.3. The van der Waals surface area contributed by atoms with Crippen LogP contribution in [-0.4, -0.2) is 24.2 Å². The summed E-state index contributed by atoms with van der Waals surface area (Å²) in [7, 11) is 3.42. The molecule has 7 rings (SSSR count). The number of ether oxygens (including phenoxy) is 2. The monoisotopic (exact) mass is 578 g/mol. The van der Waals surface area contributed by atoms with E-state index in [-0.39, 0.29) is 0 Å². The van der Waals surface area contributed by atoms with Crippen molar-refractivity contribution in [2.45, 2.75) is 0 Å². The van der Waals surface area contributed by atoms with E-state index in [2.05, 4.69) is 71.7 Å². The summed E-state index contributed by atoms with van der Waals surface area (Å²) in [6, 6.07) is 41.0. The molecule has 0 fully saturated rings. The zero-order valence-electron chi connectivity index (χ0n) is 23.7. The third kappa shape index (κ3) is 4.96. The smallest absolute Gasteiger partial charge is 0.127 e. The van der Waals surface area contributed by atoms with Crippen LogP contribution in [0, 0.1) is 0 Å². The van der Waals surface area contributed by atoms with Crippen molar-refractivity contribution >= 4 is 33.1 Å². The Labute approximate surface area is 255 Å². The second kappa shape index (κ2) is 11.2. The van der Waals surface area contributed by atoms with Gasteiger partial charge in [-0.05, 0) is 87.3 Å². The molecule has 0 saturated heterocycles. The summed E-state index contributed by atoms with van der Waals surface area (Å²) in [6.07, 6.45) is 1.79. The van der Waals surface area contributed by atoms with Crippen molar-refractivity contribution in [1.29, 1.82) is 0 Å². The molecule has 0 N–H and O–H groups in total. The van der Waals surface area contributed by atoms with Crippen LogP contribution in [0.25, 0.3) is 66.4 Å². The Morgan fingerprint density at radius 2 is 1.16 bits per heavy atom. The standard InChI is InChI=1S/C38H27ClN2O2/c1-42-35-18-13-25-7-3-4-8-30(25)37(35)38-31-17-12-27(21-26(31)14-19-36(38)43-2)33-22-28(24-10-15-29(39)16-11-24)23-34(41-33)32-9-5-6-20-40-32/h3-23H,1-2H3. The first kappa shape index (κ1) is 26.7. The van der Waals surface area contributed by atoms with Gasteiger partial charge >= 0.3 is 0 Å². The molecule has 7 aromatic rings. The molecule has 0 aliphatic rings. The van der Waals surface area contributed by atoms with E-state index in [1.54, 1.807) is 20.4 Å². The van der Waals surface area contributed by atoms with Gasteiger partial charge in [-0.25, -0.2) is 4.98 Å². The predicted octanol–water partition coefficient (Wildman–Crippen LogP) is 10.1. The van der Waals surface area contributed by atoms with Crippen LogP contribution in [0.3, 0.4) is 0 Å². The van der Waals surface area contributed by atoms with Crippen LogP contribution < -0.4 is 9.47 Å². The first-order valence-electron chi connectivity index (χ1n) is 14.0. The van der Waals surface area contributed by atoms with Crippen LogP contribution in [0.15, 0.2) is 128 Å². The van der Waals surface area contributed by atoms with Crippen LogP contribution in [0.5, 0.6) is 11.5 Å². The summed E-state index contributed by atoms with van der Waals surface area (Å²) >= 11 is 6.20. The molecule has 0 amide bonds. The zero-order valence-corrected chi connectivity index (χ0v) is 24.5. The highest BCUT2D eigenvalue weighted by molar-refractivity contribution is 6.30. The number of hydrogen-bond acceptors (Lipinski definition) is 4. The van der Waals surface area contributed by atoms with Gasteiger partial charge in [0, 0.05) is 27.9 Å². The van der Waals surface area contributed by atoms with Crippen LogP contribution in [-0.2, 0) is 0 Å². The lowest BCUT2D eigenvalue weighted by Gasteiger charge is -2.18. The van der Waals surface area contributed by atoms with E-state index < -0.39 is 0 Å². The fraction of sp³-hybridized carbons (Fsp3) is 0.0526. The van der Waals surface area contributed by atoms with E-state index in [4.69, 9.17) is 26.1 Å². The number of benzene rings is 5. The van der Waals surface area contributed by atoms with Gasteiger partial charge in [-0.15, -0.1) is 0 Å². The normalized spacial score (nSPS) is 11.1. The largest absolute Gasteiger partial charge is 0.496 e. The Balaban J connectivity index is 1.44. The third-order valence-corrected chi connectivity index (χ3v) is 8.04. The van der Waals surface area contributed by atoms with Crippen molar-refractivity contribution in [2.24, 2.45) is 0 Å². The molecule has 0 aliphatic heterocycles. The molecule has 2 heterocycles. The van der Waals surface area contributed by atoms with E-state index >= 15 is 0 Å². The molecule has 0 radical (unpaired) electrons. The molecule has 0 bridgehead atoms. The van der Waals surface area contributed by atoms with E-state index in [1.807, 2.05) is 54.6 Å². The second-order valence-electron chi connectivity index (χ2n) is 10.3. The molecule has 0 saturated carbocycles. The lowest BCUT2D eigenvalue weighted by molar-refractivity contribution is 0.411. The van der Waals surface area contributed by atoms with E-state index in [1.165, 1.54) is 0 Å². The minimum atomic E-state index is 0.701. The first-order valence-corrected chi connectivity index (χ1v) is 14.4. The lowest BCUT2D eigenvalue weighted by atomic mass is 9.91. The highest BCUT2D eigenvalue weighted by atomic mass is 35.5. The van der Waals surface area contributed by atoms with Crippen LogP contribution >= 0.6 is 11.6 Å². The summed E-state index contributed by atoms with van der Waals surface area (Å²) in [5, 5.41) is 5.08. The van der Waals surface area contributed by atoms with Gasteiger partial charge in [0.2, 0.25) is 0 Å². The molecular formula is C38H27ClN2O2. The predicted molar refractivity (Wildman–Crippen MR) is 177 cm³/mol. The van der Waals surface area contributed by atoms with Gasteiger partial charge in [-0.2, -0.15) is 0 Å². The molecule has 0 atom stereocenters. The molecule has 0 unspecified atom stereocenters. The van der Waals surface area contributed by atoms with Gasteiger partial charge in [0.1, 0.15) is 11.5 Å². The van der Waals surface area contributed by atoms with Crippen molar-refractivity contribution in [2.75, 3.05) is 14.2 Å². The molecule has 2 aromatic heterocycles. The number of halogens is 1. The maximum absolute atomic E-state index is 6.20. The summed E-state index contributed by atoms with van der Waals surface area (Å²) in [4.78, 5) is 9.65. The third-order valence-electron chi connectivity index (χ3n) is 7.79. The van der Waals surface area contributed by atoms with Gasteiger partial charge < -0.3 is 9.47 Å². The molecule has 0 spiro atoms. The minimum absolute atomic E-state index is 0.701. The number of aromatic nitrogens is 2. The van der Waals surface area contributed by atoms with Crippen molar-refractivity contribution < 1.29 is 9.47 Å². The molecule has 43 heavy (non-hydrogen) atoms. The molecule has 5 aromatic carbocycles. The first-order chi connectivity index (χ1) is 21.1. The Hall–Kier alpha value is -5.19. The maximum Gasteiger partial charge on any atom is 0.127 e. The van der Waals surface area contributed by atoms with Gasteiger partial charge in [0.25, 0.3) is 0 Å². The molecular weight excluding hydrogens is 552 g/mol. The van der Waals surface area contributed by atoms with Crippen molar-refractivity contribution in [3.05, 3.63) is 133 Å². The van der Waals surface area contributed by atoms with Crippen molar-refractivity contribution in [3.8, 4) is 56.4 Å². The van der Waals surface area contributed by atoms with E-state index in [0.29, 0.717) is 5.02 Å². The number of fused-ring (bicyclic) bond motifs is 2. The second-order valence-corrected chi connectivity index (χ2v) is 10.7. The highest BCUT2D eigenvalue weighted by Crippen LogP contribution is 2.46. The molecule has 0 aliphatic carbocycles. The number of rotatable bonds is 6. The van der Waals surface area contributed by atoms with Crippen molar-refractivity contribution in [1.82, 2.24) is 9.97 Å². The van der Waals surface area contributed by atoms with Crippen molar-refractivity contribution in [3.63, 3.8) is 0 Å². The Kier molecular flexibility index (Phi) is 6.98. The quantitative estimate of drug-likeness (QED) is 0.197. The van der Waals surface area contributed by atoms with Crippen LogP contribution in [0.4, 0.5) is 0 Å². The molecule has 5 heteroatoms. The number of nitrogens with zero attached hydrogens (tertiary/aromatic N) is 2. The van der Waals surface area contributed by atoms with Crippen LogP contribution in [0.1, 0.15) is 0 Å². The highest BCUT2D eigenvalue weighted by Gasteiger charge is 2.19. The Morgan fingerprint density at radius 3 is 1.88 bits per heavy atom. The van der Waals surface area contributed by atoms with Crippen LogP contribution in [0.2, 0.25) is 5.02 Å². The summed E-state index contributed by atoms with van der Waals surface area (Å²) in [5.41, 5.74) is 7.58. The average molecular weight is 579 g/mol. The fourth-order valence-electron chi connectivity index (χ4n) is 5.71. The van der Waals surface area contributed by atoms with Gasteiger partial charge in [-0.3, -0.25) is 4.98 Å². The van der Waals surface area contributed by atoms with E-state index in [9.17, 15) is 0 Å². The van der Waals surface area contributed by atoms with Gasteiger partial charge in [0.15, 0.2) is 0 Å². The van der Waals surface area contributed by atoms with E-state index in [0.717, 1.165) is 77.9 Å². The molecule has 4 nitrogen and oxygen atoms in total.